The molecule has 1 aliphatic rings. The fraction of sp³-hybridized carbons (Fsp3) is 0.733. The first kappa shape index (κ1) is 16.5. The Morgan fingerprint density at radius 3 is 2.67 bits per heavy atom. The van der Waals surface area contributed by atoms with Gasteiger partial charge in [0.2, 0.25) is 5.09 Å². The van der Waals surface area contributed by atoms with Gasteiger partial charge in [0.1, 0.15) is 5.76 Å². The van der Waals surface area contributed by atoms with Gasteiger partial charge in [0, 0.05) is 13.6 Å². The van der Waals surface area contributed by atoms with Crippen molar-refractivity contribution in [3.05, 3.63) is 17.9 Å². The minimum Gasteiger partial charge on any atom is -0.447 e. The van der Waals surface area contributed by atoms with Crippen molar-refractivity contribution in [1.82, 2.24) is 9.62 Å². The predicted molar refractivity (Wildman–Crippen MR) is 82.5 cm³/mol. The molecule has 0 atom stereocenters. The summed E-state index contributed by atoms with van der Waals surface area (Å²) in [7, 11) is -1.85. The number of furan rings is 1. The first-order chi connectivity index (χ1) is 10.0. The lowest BCUT2D eigenvalue weighted by Gasteiger charge is -2.25. The number of rotatable bonds is 7. The van der Waals surface area contributed by atoms with Crippen LogP contribution in [-0.4, -0.2) is 32.9 Å². The summed E-state index contributed by atoms with van der Waals surface area (Å²) in [5.74, 6) is 1.14. The van der Waals surface area contributed by atoms with Crippen molar-refractivity contribution in [2.24, 2.45) is 5.92 Å². The molecule has 2 rings (SSSR count). The molecule has 0 unspecified atom stereocenters. The van der Waals surface area contributed by atoms with Crippen LogP contribution in [0.2, 0.25) is 0 Å². The Morgan fingerprint density at radius 1 is 1.29 bits per heavy atom. The van der Waals surface area contributed by atoms with Gasteiger partial charge in [-0.1, -0.05) is 26.2 Å². The van der Waals surface area contributed by atoms with Crippen LogP contribution in [0.25, 0.3) is 0 Å². The van der Waals surface area contributed by atoms with E-state index in [1.165, 1.54) is 23.6 Å². The topological polar surface area (TPSA) is 62.6 Å². The zero-order valence-corrected chi connectivity index (χ0v) is 13.8. The lowest BCUT2D eigenvalue weighted by Crippen LogP contribution is -2.32. The monoisotopic (exact) mass is 314 g/mol. The van der Waals surface area contributed by atoms with Gasteiger partial charge in [-0.05, 0) is 37.4 Å². The molecule has 0 amide bonds. The minimum atomic E-state index is -3.50. The van der Waals surface area contributed by atoms with Crippen LogP contribution in [-0.2, 0) is 16.6 Å². The molecule has 1 heterocycles. The summed E-state index contributed by atoms with van der Waals surface area (Å²) in [6.07, 6.45) is 5.96. The molecule has 0 aliphatic heterocycles. The summed E-state index contributed by atoms with van der Waals surface area (Å²) in [5, 5.41) is 3.17. The Hall–Kier alpha value is -0.850. The van der Waals surface area contributed by atoms with Crippen molar-refractivity contribution in [2.45, 2.75) is 50.7 Å². The summed E-state index contributed by atoms with van der Waals surface area (Å²) in [6.45, 7) is 3.97. The molecule has 0 aromatic carbocycles. The lowest BCUT2D eigenvalue weighted by molar-refractivity contribution is 0.294. The van der Waals surface area contributed by atoms with Gasteiger partial charge >= 0.3 is 0 Å². The highest BCUT2D eigenvalue weighted by Gasteiger charge is 2.27. The van der Waals surface area contributed by atoms with E-state index in [2.05, 4.69) is 5.32 Å². The van der Waals surface area contributed by atoms with Crippen LogP contribution in [0.4, 0.5) is 0 Å². The van der Waals surface area contributed by atoms with Gasteiger partial charge in [0.15, 0.2) is 0 Å². The molecule has 0 bridgehead atoms. The molecule has 21 heavy (non-hydrogen) atoms. The summed E-state index contributed by atoms with van der Waals surface area (Å²) < 4.78 is 31.9. The predicted octanol–water partition coefficient (Wildman–Crippen LogP) is 2.59. The fourth-order valence-corrected chi connectivity index (χ4v) is 3.99. The summed E-state index contributed by atoms with van der Waals surface area (Å²) >= 11 is 0. The van der Waals surface area contributed by atoms with Crippen molar-refractivity contribution in [1.29, 1.82) is 0 Å². The number of sulfonamides is 1. The standard InChI is InChI=1S/C15H26N2O3S/c1-3-16-11-14-9-10-15(20-14)21(18,19)17(2)12-13-7-5-4-6-8-13/h9-10,13,16H,3-8,11-12H2,1-2H3. The molecule has 6 heteroatoms. The smallest absolute Gasteiger partial charge is 0.276 e. The maximum atomic E-state index is 12.5. The zero-order valence-electron chi connectivity index (χ0n) is 13.0. The van der Waals surface area contributed by atoms with Crippen molar-refractivity contribution in [3.63, 3.8) is 0 Å². The van der Waals surface area contributed by atoms with Gasteiger partial charge in [0.05, 0.1) is 6.54 Å². The van der Waals surface area contributed by atoms with E-state index in [4.69, 9.17) is 4.42 Å². The largest absolute Gasteiger partial charge is 0.447 e. The Labute approximate surface area is 127 Å². The highest BCUT2D eigenvalue weighted by Crippen LogP contribution is 2.26. The van der Waals surface area contributed by atoms with E-state index in [1.54, 1.807) is 19.2 Å². The molecule has 0 radical (unpaired) electrons. The van der Waals surface area contributed by atoms with E-state index in [-0.39, 0.29) is 5.09 Å². The number of hydrogen-bond acceptors (Lipinski definition) is 4. The van der Waals surface area contributed by atoms with Crippen molar-refractivity contribution in [2.75, 3.05) is 20.1 Å². The van der Waals surface area contributed by atoms with Gasteiger partial charge in [-0.3, -0.25) is 0 Å². The van der Waals surface area contributed by atoms with Crippen LogP contribution in [0.5, 0.6) is 0 Å². The molecule has 1 aromatic heterocycles. The molecular weight excluding hydrogens is 288 g/mol. The van der Waals surface area contributed by atoms with Crippen LogP contribution in [0.1, 0.15) is 44.8 Å². The third-order valence-corrected chi connectivity index (χ3v) is 5.79. The average Bonchev–Trinajstić information content (AvgIpc) is 2.95. The SMILES string of the molecule is CCNCc1ccc(S(=O)(=O)N(C)CC2CCCCC2)o1. The number of hydrogen-bond donors (Lipinski definition) is 1. The second-order valence-corrected chi connectivity index (χ2v) is 7.77. The van der Waals surface area contributed by atoms with Crippen molar-refractivity contribution in [3.8, 4) is 0 Å². The summed E-state index contributed by atoms with van der Waals surface area (Å²) in [5.41, 5.74) is 0. The van der Waals surface area contributed by atoms with Crippen molar-refractivity contribution < 1.29 is 12.8 Å². The Balaban J connectivity index is 2.00. The van der Waals surface area contributed by atoms with Gasteiger partial charge in [-0.15, -0.1) is 0 Å². The Bertz CT molecular complexity index is 533. The third kappa shape index (κ3) is 4.31. The molecule has 1 fully saturated rings. The Kier molecular flexibility index (Phi) is 5.84. The van der Waals surface area contributed by atoms with Gasteiger partial charge < -0.3 is 9.73 Å². The van der Waals surface area contributed by atoms with Crippen LogP contribution >= 0.6 is 0 Å². The molecule has 1 N–H and O–H groups in total. The summed E-state index contributed by atoms with van der Waals surface area (Å²) in [4.78, 5) is 0. The summed E-state index contributed by atoms with van der Waals surface area (Å²) in [6, 6.07) is 3.28. The highest BCUT2D eigenvalue weighted by molar-refractivity contribution is 7.89. The number of nitrogens with one attached hydrogen (secondary N) is 1. The minimum absolute atomic E-state index is 0.0497. The fourth-order valence-electron chi connectivity index (χ4n) is 2.83. The quantitative estimate of drug-likeness (QED) is 0.840. The highest BCUT2D eigenvalue weighted by atomic mass is 32.2. The van der Waals surface area contributed by atoms with Crippen molar-refractivity contribution >= 4 is 10.0 Å². The maximum Gasteiger partial charge on any atom is 0.276 e. The van der Waals surface area contributed by atoms with Gasteiger partial charge in [-0.25, -0.2) is 8.42 Å². The second-order valence-electron chi connectivity index (χ2n) is 5.79. The second kappa shape index (κ2) is 7.42. The molecule has 1 aliphatic carbocycles. The van der Waals surface area contributed by atoms with E-state index in [0.717, 1.165) is 19.4 Å². The first-order valence-corrected chi connectivity index (χ1v) is 9.23. The molecule has 120 valence electrons. The Morgan fingerprint density at radius 2 is 2.00 bits per heavy atom. The molecule has 1 saturated carbocycles. The molecular formula is C15H26N2O3S. The van der Waals surface area contributed by atoms with Crippen LogP contribution in [0.3, 0.4) is 0 Å². The van der Waals surface area contributed by atoms with E-state index < -0.39 is 10.0 Å². The molecule has 5 nitrogen and oxygen atoms in total. The normalized spacial score (nSPS) is 17.5. The molecule has 1 aromatic rings. The zero-order chi connectivity index (χ0) is 15.3. The molecule has 0 saturated heterocycles. The maximum absolute atomic E-state index is 12.5. The first-order valence-electron chi connectivity index (χ1n) is 7.79. The van der Waals surface area contributed by atoms with Gasteiger partial charge in [-0.2, -0.15) is 4.31 Å². The van der Waals surface area contributed by atoms with E-state index in [9.17, 15) is 8.42 Å². The van der Waals surface area contributed by atoms with E-state index >= 15 is 0 Å². The number of nitrogens with zero attached hydrogens (tertiary/aromatic N) is 1. The van der Waals surface area contributed by atoms with E-state index in [0.29, 0.717) is 24.8 Å². The van der Waals surface area contributed by atoms with E-state index in [1.807, 2.05) is 6.92 Å². The average molecular weight is 314 g/mol. The molecule has 0 spiro atoms. The lowest BCUT2D eigenvalue weighted by atomic mass is 9.89. The van der Waals surface area contributed by atoms with Crippen LogP contribution in [0, 0.1) is 5.92 Å². The van der Waals surface area contributed by atoms with Gasteiger partial charge in [0.25, 0.3) is 10.0 Å². The third-order valence-electron chi connectivity index (χ3n) is 4.09. The van der Waals surface area contributed by atoms with Crippen LogP contribution < -0.4 is 5.32 Å². The van der Waals surface area contributed by atoms with Crippen LogP contribution in [0.15, 0.2) is 21.6 Å².